The number of rotatable bonds is 2. The number of nitrogens with two attached hydrogens (primary N) is 1. The van der Waals surface area contributed by atoms with Crippen molar-refractivity contribution in [2.45, 2.75) is 58.4 Å². The first-order chi connectivity index (χ1) is 7.93. The first kappa shape index (κ1) is 12.6. The van der Waals surface area contributed by atoms with Crippen molar-refractivity contribution in [2.24, 2.45) is 11.1 Å². The molecule has 0 bridgehead atoms. The van der Waals surface area contributed by atoms with Crippen molar-refractivity contribution in [1.29, 1.82) is 0 Å². The molecule has 0 aromatic heterocycles. The van der Waals surface area contributed by atoms with Crippen molar-refractivity contribution in [3.05, 3.63) is 35.4 Å². The van der Waals surface area contributed by atoms with E-state index in [-0.39, 0.29) is 11.0 Å². The van der Waals surface area contributed by atoms with Crippen LogP contribution in [0.1, 0.15) is 50.7 Å². The summed E-state index contributed by atoms with van der Waals surface area (Å²) in [6.45, 7) is 6.80. The zero-order valence-corrected chi connectivity index (χ0v) is 11.4. The number of benzene rings is 1. The summed E-state index contributed by atoms with van der Waals surface area (Å²) in [5.41, 5.74) is 9.64. The molecule has 0 spiro atoms. The minimum absolute atomic E-state index is 0.0273. The van der Waals surface area contributed by atoms with Gasteiger partial charge in [-0.05, 0) is 37.2 Å². The van der Waals surface area contributed by atoms with Crippen LogP contribution >= 0.6 is 0 Å². The third kappa shape index (κ3) is 2.55. The van der Waals surface area contributed by atoms with Crippen molar-refractivity contribution >= 4 is 0 Å². The van der Waals surface area contributed by atoms with E-state index in [2.05, 4.69) is 45.0 Å². The Kier molecular flexibility index (Phi) is 3.31. The van der Waals surface area contributed by atoms with Gasteiger partial charge in [0.25, 0.3) is 0 Å². The lowest BCUT2D eigenvalue weighted by molar-refractivity contribution is 0.0990. The van der Waals surface area contributed by atoms with E-state index in [1.807, 2.05) is 0 Å². The Balaban J connectivity index is 2.18. The molecule has 17 heavy (non-hydrogen) atoms. The van der Waals surface area contributed by atoms with Crippen LogP contribution in [0.5, 0.6) is 0 Å². The van der Waals surface area contributed by atoms with Crippen molar-refractivity contribution in [3.63, 3.8) is 0 Å². The lowest BCUT2D eigenvalue weighted by Crippen LogP contribution is -2.56. The second-order valence-electron chi connectivity index (χ2n) is 6.41. The van der Waals surface area contributed by atoms with E-state index in [0.717, 1.165) is 12.8 Å². The number of hydrogen-bond donors (Lipinski definition) is 1. The smallest absolute Gasteiger partial charge is 0.0246 e. The molecular weight excluding hydrogens is 206 g/mol. The Morgan fingerprint density at radius 3 is 2.24 bits per heavy atom. The van der Waals surface area contributed by atoms with Gasteiger partial charge in [0.05, 0.1) is 0 Å². The van der Waals surface area contributed by atoms with Gasteiger partial charge in [0, 0.05) is 5.54 Å². The Hall–Kier alpha value is -0.820. The zero-order valence-electron chi connectivity index (χ0n) is 11.4. The van der Waals surface area contributed by atoms with Gasteiger partial charge in [-0.3, -0.25) is 0 Å². The molecule has 1 fully saturated rings. The molecular formula is C16H25N. The van der Waals surface area contributed by atoms with E-state index < -0.39 is 0 Å². The van der Waals surface area contributed by atoms with E-state index in [1.54, 1.807) is 0 Å². The van der Waals surface area contributed by atoms with Crippen molar-refractivity contribution in [3.8, 4) is 0 Å². The maximum Gasteiger partial charge on any atom is 0.0246 e. The van der Waals surface area contributed by atoms with Crippen molar-refractivity contribution in [2.75, 3.05) is 0 Å². The van der Waals surface area contributed by atoms with Crippen LogP contribution in [0.4, 0.5) is 0 Å². The van der Waals surface area contributed by atoms with Crippen LogP contribution < -0.4 is 5.73 Å². The number of aryl methyl sites for hydroxylation is 1. The van der Waals surface area contributed by atoms with E-state index in [4.69, 9.17) is 5.73 Å². The summed E-state index contributed by atoms with van der Waals surface area (Å²) >= 11 is 0. The highest BCUT2D eigenvalue weighted by molar-refractivity contribution is 5.24. The normalized spacial score (nSPS) is 28.0. The summed E-state index contributed by atoms with van der Waals surface area (Å²) in [6, 6.07) is 8.84. The lowest BCUT2D eigenvalue weighted by atomic mass is 9.61. The molecule has 1 aliphatic rings. The molecule has 1 saturated carbocycles. The molecule has 0 saturated heterocycles. The molecule has 1 aromatic carbocycles. The molecule has 0 amide bonds. The summed E-state index contributed by atoms with van der Waals surface area (Å²) in [5.74, 6) is 0. The molecule has 1 aliphatic carbocycles. The third-order valence-corrected chi connectivity index (χ3v) is 4.66. The van der Waals surface area contributed by atoms with Gasteiger partial charge in [0.1, 0.15) is 0 Å². The summed E-state index contributed by atoms with van der Waals surface area (Å²) in [4.78, 5) is 0. The zero-order chi connectivity index (χ0) is 12.5. The molecule has 2 rings (SSSR count). The monoisotopic (exact) mass is 231 g/mol. The highest BCUT2D eigenvalue weighted by Crippen LogP contribution is 2.43. The molecule has 2 N–H and O–H groups in total. The quantitative estimate of drug-likeness (QED) is 0.822. The first-order valence-electron chi connectivity index (χ1n) is 6.77. The second kappa shape index (κ2) is 4.45. The maximum atomic E-state index is 6.71. The van der Waals surface area contributed by atoms with Gasteiger partial charge in [-0.2, -0.15) is 0 Å². The fourth-order valence-electron chi connectivity index (χ4n) is 2.99. The Labute approximate surface area is 105 Å². The van der Waals surface area contributed by atoms with Gasteiger partial charge in [0.15, 0.2) is 0 Å². The summed E-state index contributed by atoms with van der Waals surface area (Å²) in [7, 11) is 0. The predicted molar refractivity (Wildman–Crippen MR) is 74.1 cm³/mol. The minimum Gasteiger partial charge on any atom is -0.324 e. The van der Waals surface area contributed by atoms with Gasteiger partial charge in [-0.25, -0.2) is 0 Å². The van der Waals surface area contributed by atoms with Crippen LogP contribution in [0.15, 0.2) is 24.3 Å². The molecule has 1 unspecified atom stereocenters. The molecule has 1 heteroatoms. The topological polar surface area (TPSA) is 26.0 Å². The fraction of sp³-hybridized carbons (Fsp3) is 0.625. The van der Waals surface area contributed by atoms with Gasteiger partial charge >= 0.3 is 0 Å². The van der Waals surface area contributed by atoms with Crippen LogP contribution in [0.2, 0.25) is 0 Å². The summed E-state index contributed by atoms with van der Waals surface area (Å²) in [6.07, 6.45) is 6.05. The lowest BCUT2D eigenvalue weighted by Gasteiger charge is -2.48. The SMILES string of the molecule is Cc1ccc(CC2(N)CCCCC2(C)C)cc1. The summed E-state index contributed by atoms with van der Waals surface area (Å²) < 4.78 is 0. The second-order valence-corrected chi connectivity index (χ2v) is 6.41. The maximum absolute atomic E-state index is 6.71. The van der Waals surface area contributed by atoms with Crippen molar-refractivity contribution < 1.29 is 0 Å². The van der Waals surface area contributed by atoms with E-state index >= 15 is 0 Å². The summed E-state index contributed by atoms with van der Waals surface area (Å²) in [5, 5.41) is 0. The average molecular weight is 231 g/mol. The minimum atomic E-state index is -0.0273. The molecule has 0 radical (unpaired) electrons. The first-order valence-corrected chi connectivity index (χ1v) is 6.77. The van der Waals surface area contributed by atoms with E-state index in [1.165, 1.54) is 30.4 Å². The number of hydrogen-bond acceptors (Lipinski definition) is 1. The van der Waals surface area contributed by atoms with Crippen LogP contribution in [0.25, 0.3) is 0 Å². The van der Waals surface area contributed by atoms with Crippen molar-refractivity contribution in [1.82, 2.24) is 0 Å². The Morgan fingerprint density at radius 1 is 1.06 bits per heavy atom. The molecule has 1 aromatic rings. The third-order valence-electron chi connectivity index (χ3n) is 4.66. The van der Waals surface area contributed by atoms with Gasteiger partial charge in [-0.1, -0.05) is 56.5 Å². The van der Waals surface area contributed by atoms with Gasteiger partial charge in [-0.15, -0.1) is 0 Å². The van der Waals surface area contributed by atoms with Crippen LogP contribution in [0.3, 0.4) is 0 Å². The molecule has 0 aliphatic heterocycles. The van der Waals surface area contributed by atoms with Crippen LogP contribution in [0, 0.1) is 12.3 Å². The van der Waals surface area contributed by atoms with E-state index in [9.17, 15) is 0 Å². The Bertz CT molecular complexity index is 377. The molecule has 1 nitrogen and oxygen atoms in total. The van der Waals surface area contributed by atoms with Crippen LogP contribution in [-0.4, -0.2) is 5.54 Å². The van der Waals surface area contributed by atoms with E-state index in [0.29, 0.717) is 0 Å². The highest BCUT2D eigenvalue weighted by Gasteiger charge is 2.43. The Morgan fingerprint density at radius 2 is 1.65 bits per heavy atom. The predicted octanol–water partition coefficient (Wildman–Crippen LogP) is 3.84. The fourth-order valence-corrected chi connectivity index (χ4v) is 2.99. The molecule has 94 valence electrons. The molecule has 1 atom stereocenters. The van der Waals surface area contributed by atoms with Gasteiger partial charge < -0.3 is 5.73 Å². The standard InChI is InChI=1S/C16H25N/c1-13-6-8-14(9-7-13)12-16(17)11-5-4-10-15(16,2)3/h6-9H,4-5,10-12,17H2,1-3H3. The van der Waals surface area contributed by atoms with Crippen LogP contribution in [-0.2, 0) is 6.42 Å². The van der Waals surface area contributed by atoms with Gasteiger partial charge in [0.2, 0.25) is 0 Å². The molecule has 0 heterocycles. The average Bonchev–Trinajstić information content (AvgIpc) is 2.26. The highest BCUT2D eigenvalue weighted by atomic mass is 14.8. The largest absolute Gasteiger partial charge is 0.324 e.